The molecule has 1 saturated carbocycles. The Bertz CT molecular complexity index is 1030. The number of amides is 1. The summed E-state index contributed by atoms with van der Waals surface area (Å²) in [5.41, 5.74) is 2.51. The summed E-state index contributed by atoms with van der Waals surface area (Å²) in [4.78, 5) is 19.7. The number of carbonyl (C=O) groups excluding carboxylic acids is 1. The maximum Gasteiger partial charge on any atom is 0.252 e. The summed E-state index contributed by atoms with van der Waals surface area (Å²) in [5, 5.41) is 8.54. The van der Waals surface area contributed by atoms with E-state index in [4.69, 9.17) is 9.40 Å². The molecule has 1 aliphatic carbocycles. The first-order valence-corrected chi connectivity index (χ1v) is 11.2. The SMILES string of the molecule is CC(C)n1ncc2c(C(=O)NC[C@H](c3ccco3)[NH+]3CCCC3)cc(C3CC3)nc21. The van der Waals surface area contributed by atoms with Gasteiger partial charge in [-0.1, -0.05) is 0 Å². The molecule has 0 bridgehead atoms. The highest BCUT2D eigenvalue weighted by molar-refractivity contribution is 6.05. The molecule has 3 aromatic rings. The van der Waals surface area contributed by atoms with Crippen LogP contribution in [0, 0.1) is 0 Å². The normalized spacial score (nSPS) is 18.4. The summed E-state index contributed by atoms with van der Waals surface area (Å²) in [7, 11) is 0. The molecule has 2 N–H and O–H groups in total. The van der Waals surface area contributed by atoms with Gasteiger partial charge in [-0.25, -0.2) is 9.67 Å². The summed E-state index contributed by atoms with van der Waals surface area (Å²) in [6, 6.07) is 6.26. The molecule has 3 aromatic heterocycles. The van der Waals surface area contributed by atoms with Gasteiger partial charge in [-0.15, -0.1) is 0 Å². The van der Waals surface area contributed by atoms with Gasteiger partial charge >= 0.3 is 0 Å². The van der Waals surface area contributed by atoms with E-state index < -0.39 is 0 Å². The third-order valence-corrected chi connectivity index (χ3v) is 6.41. The molecule has 30 heavy (non-hydrogen) atoms. The van der Waals surface area contributed by atoms with E-state index in [1.165, 1.54) is 17.7 Å². The summed E-state index contributed by atoms with van der Waals surface area (Å²) in [6.07, 6.45) is 8.25. The van der Waals surface area contributed by atoms with Crippen molar-refractivity contribution in [2.24, 2.45) is 0 Å². The average Bonchev–Trinajstić information content (AvgIpc) is 3.16. The van der Waals surface area contributed by atoms with Crippen LogP contribution in [0.4, 0.5) is 0 Å². The molecular formula is C23H30N5O2+. The van der Waals surface area contributed by atoms with Crippen molar-refractivity contribution in [1.29, 1.82) is 0 Å². The standard InChI is InChI=1S/C23H29N5O2/c1-15(2)28-22-18(13-25-28)17(12-19(26-22)16-7-8-16)23(29)24-14-20(21-6-5-11-30-21)27-9-3-4-10-27/h5-6,11-13,15-16,20H,3-4,7-10,14H2,1-2H3,(H,24,29)/p+1/t20-/m1/s1. The Hall–Kier alpha value is -2.67. The van der Waals surface area contributed by atoms with Crippen LogP contribution in [0.2, 0.25) is 0 Å². The summed E-state index contributed by atoms with van der Waals surface area (Å²) in [5.74, 6) is 1.36. The number of furan rings is 1. The molecule has 4 heterocycles. The van der Waals surface area contributed by atoms with Crippen molar-refractivity contribution < 1.29 is 14.1 Å². The highest BCUT2D eigenvalue weighted by atomic mass is 16.3. The molecule has 1 atom stereocenters. The molecule has 7 heteroatoms. The highest BCUT2D eigenvalue weighted by Crippen LogP contribution is 2.40. The molecule has 1 amide bonds. The van der Waals surface area contributed by atoms with Crippen LogP contribution in [0.25, 0.3) is 11.0 Å². The van der Waals surface area contributed by atoms with E-state index in [9.17, 15) is 4.79 Å². The van der Waals surface area contributed by atoms with E-state index in [1.54, 1.807) is 12.5 Å². The monoisotopic (exact) mass is 408 g/mol. The van der Waals surface area contributed by atoms with Gasteiger partial charge in [0.05, 0.1) is 43.0 Å². The van der Waals surface area contributed by atoms with Gasteiger partial charge < -0.3 is 14.6 Å². The van der Waals surface area contributed by atoms with Gasteiger partial charge in [0.2, 0.25) is 0 Å². The minimum Gasteiger partial charge on any atom is -0.463 e. The molecule has 1 saturated heterocycles. The third-order valence-electron chi connectivity index (χ3n) is 6.41. The number of pyridine rings is 1. The largest absolute Gasteiger partial charge is 0.463 e. The molecule has 0 unspecified atom stereocenters. The molecule has 7 nitrogen and oxygen atoms in total. The van der Waals surface area contributed by atoms with Gasteiger partial charge in [-0.05, 0) is 44.9 Å². The van der Waals surface area contributed by atoms with Gasteiger partial charge in [-0.3, -0.25) is 4.79 Å². The Kier molecular flexibility index (Phi) is 5.06. The van der Waals surface area contributed by atoms with Crippen LogP contribution >= 0.6 is 0 Å². The first-order valence-electron chi connectivity index (χ1n) is 11.2. The van der Waals surface area contributed by atoms with Crippen LogP contribution in [-0.2, 0) is 0 Å². The average molecular weight is 409 g/mol. The Morgan fingerprint density at radius 3 is 2.80 bits per heavy atom. The lowest BCUT2D eigenvalue weighted by Crippen LogP contribution is -3.11. The van der Waals surface area contributed by atoms with E-state index >= 15 is 0 Å². The second-order valence-corrected chi connectivity index (χ2v) is 8.93. The molecule has 5 rings (SSSR count). The van der Waals surface area contributed by atoms with Crippen molar-refractivity contribution in [3.05, 3.63) is 47.7 Å². The number of aromatic nitrogens is 3. The van der Waals surface area contributed by atoms with Gasteiger partial charge in [0.1, 0.15) is 0 Å². The molecule has 0 radical (unpaired) electrons. The lowest BCUT2D eigenvalue weighted by Gasteiger charge is -2.23. The van der Waals surface area contributed by atoms with Gasteiger partial charge in [0.25, 0.3) is 5.91 Å². The third kappa shape index (κ3) is 3.62. The number of quaternary nitrogens is 1. The number of likely N-dealkylation sites (tertiary alicyclic amines) is 1. The minimum absolute atomic E-state index is 0.0530. The Labute approximate surface area is 176 Å². The van der Waals surface area contributed by atoms with Crippen molar-refractivity contribution in [3.8, 4) is 0 Å². The van der Waals surface area contributed by atoms with E-state index in [1.807, 2.05) is 22.9 Å². The first kappa shape index (κ1) is 19.3. The molecule has 0 spiro atoms. The summed E-state index contributed by atoms with van der Waals surface area (Å²) in [6.45, 7) is 6.97. The lowest BCUT2D eigenvalue weighted by molar-refractivity contribution is -0.919. The van der Waals surface area contributed by atoms with Gasteiger partial charge in [0.15, 0.2) is 17.4 Å². The fourth-order valence-corrected chi connectivity index (χ4v) is 4.59. The maximum atomic E-state index is 13.3. The zero-order chi connectivity index (χ0) is 20.7. The topological polar surface area (TPSA) is 77.4 Å². The number of hydrogen-bond donors (Lipinski definition) is 2. The predicted molar refractivity (Wildman–Crippen MR) is 114 cm³/mol. The van der Waals surface area contributed by atoms with Crippen LogP contribution in [0.5, 0.6) is 0 Å². The lowest BCUT2D eigenvalue weighted by atomic mass is 10.1. The van der Waals surface area contributed by atoms with E-state index in [-0.39, 0.29) is 18.0 Å². The number of nitrogens with zero attached hydrogens (tertiary/aromatic N) is 3. The van der Waals surface area contributed by atoms with Gasteiger partial charge in [-0.2, -0.15) is 5.10 Å². The number of carbonyl (C=O) groups is 1. The first-order chi connectivity index (χ1) is 14.6. The van der Waals surface area contributed by atoms with Crippen LogP contribution < -0.4 is 10.2 Å². The fraction of sp³-hybridized carbons (Fsp3) is 0.522. The number of nitrogens with one attached hydrogen (secondary N) is 2. The van der Waals surface area contributed by atoms with Crippen molar-refractivity contribution in [2.45, 2.75) is 57.5 Å². The van der Waals surface area contributed by atoms with E-state index in [0.29, 0.717) is 18.0 Å². The Morgan fingerprint density at radius 2 is 2.13 bits per heavy atom. The number of hydrogen-bond acceptors (Lipinski definition) is 4. The number of rotatable bonds is 7. The second kappa shape index (κ2) is 7.87. The summed E-state index contributed by atoms with van der Waals surface area (Å²) < 4.78 is 7.62. The molecule has 0 aromatic carbocycles. The van der Waals surface area contributed by atoms with Crippen LogP contribution in [-0.4, -0.2) is 40.3 Å². The zero-order valence-corrected chi connectivity index (χ0v) is 17.7. The second-order valence-electron chi connectivity index (χ2n) is 8.93. The van der Waals surface area contributed by atoms with Crippen molar-refractivity contribution in [3.63, 3.8) is 0 Å². The molecule has 158 valence electrons. The van der Waals surface area contributed by atoms with Crippen LogP contribution in [0.15, 0.2) is 35.1 Å². The van der Waals surface area contributed by atoms with E-state index in [2.05, 4.69) is 24.3 Å². The fourth-order valence-electron chi connectivity index (χ4n) is 4.59. The van der Waals surface area contributed by atoms with Crippen molar-refractivity contribution >= 4 is 16.9 Å². The minimum atomic E-state index is -0.0530. The molecule has 1 aliphatic heterocycles. The smallest absolute Gasteiger partial charge is 0.252 e. The molecule has 2 fully saturated rings. The summed E-state index contributed by atoms with van der Waals surface area (Å²) >= 11 is 0. The van der Waals surface area contributed by atoms with E-state index in [0.717, 1.165) is 48.4 Å². The maximum absolute atomic E-state index is 13.3. The molecule has 2 aliphatic rings. The quantitative estimate of drug-likeness (QED) is 0.630. The van der Waals surface area contributed by atoms with Crippen LogP contribution in [0.3, 0.4) is 0 Å². The van der Waals surface area contributed by atoms with Crippen LogP contribution in [0.1, 0.15) is 79.3 Å². The Balaban J connectivity index is 1.42. The van der Waals surface area contributed by atoms with Crippen molar-refractivity contribution in [1.82, 2.24) is 20.1 Å². The number of fused-ring (bicyclic) bond motifs is 1. The van der Waals surface area contributed by atoms with Crippen molar-refractivity contribution in [2.75, 3.05) is 19.6 Å². The predicted octanol–water partition coefficient (Wildman–Crippen LogP) is 2.63. The Morgan fingerprint density at radius 1 is 1.33 bits per heavy atom. The molecular weight excluding hydrogens is 378 g/mol. The highest BCUT2D eigenvalue weighted by Gasteiger charge is 2.31. The van der Waals surface area contributed by atoms with Gasteiger partial charge in [0, 0.05) is 30.5 Å². The zero-order valence-electron chi connectivity index (χ0n) is 17.7.